The molecule has 0 fully saturated rings. The van der Waals surface area contributed by atoms with E-state index in [1.54, 1.807) is 0 Å². The Morgan fingerprint density at radius 1 is 1.19 bits per heavy atom. The SMILES string of the molecule is Cc1cc(CNCCCCOC(C)C)c2ccccc2n1. The molecule has 1 N–H and O–H groups in total. The lowest BCUT2D eigenvalue weighted by atomic mass is 10.1. The van der Waals surface area contributed by atoms with Crippen LogP contribution in [0, 0.1) is 6.92 Å². The fourth-order valence-electron chi connectivity index (χ4n) is 2.44. The van der Waals surface area contributed by atoms with E-state index in [-0.39, 0.29) is 0 Å². The summed E-state index contributed by atoms with van der Waals surface area (Å²) in [6, 6.07) is 10.5. The second-order valence-corrected chi connectivity index (χ2v) is 5.74. The third kappa shape index (κ3) is 5.10. The standard InChI is InChI=1S/C18H26N2O/c1-14(2)21-11-7-6-10-19-13-16-12-15(3)20-18-9-5-4-8-17(16)18/h4-5,8-9,12,14,19H,6-7,10-11,13H2,1-3H3. The maximum atomic E-state index is 5.54. The van der Waals surface area contributed by atoms with Gasteiger partial charge in [-0.05, 0) is 57.9 Å². The number of benzene rings is 1. The van der Waals surface area contributed by atoms with E-state index >= 15 is 0 Å². The summed E-state index contributed by atoms with van der Waals surface area (Å²) >= 11 is 0. The molecular weight excluding hydrogens is 260 g/mol. The van der Waals surface area contributed by atoms with Gasteiger partial charge in [0.2, 0.25) is 0 Å². The second-order valence-electron chi connectivity index (χ2n) is 5.74. The van der Waals surface area contributed by atoms with Gasteiger partial charge in [-0.25, -0.2) is 0 Å². The number of hydrogen-bond acceptors (Lipinski definition) is 3. The summed E-state index contributed by atoms with van der Waals surface area (Å²) in [5.74, 6) is 0. The molecule has 0 aliphatic rings. The molecule has 0 saturated heterocycles. The summed E-state index contributed by atoms with van der Waals surface area (Å²) in [5, 5.41) is 4.77. The minimum absolute atomic E-state index is 0.337. The number of ether oxygens (including phenoxy) is 1. The highest BCUT2D eigenvalue weighted by Gasteiger charge is 2.03. The van der Waals surface area contributed by atoms with Crippen molar-refractivity contribution in [3.05, 3.63) is 41.6 Å². The van der Waals surface area contributed by atoms with Crippen molar-refractivity contribution in [2.75, 3.05) is 13.2 Å². The molecule has 3 nitrogen and oxygen atoms in total. The zero-order valence-electron chi connectivity index (χ0n) is 13.4. The molecule has 2 aromatic rings. The molecule has 0 aliphatic heterocycles. The molecule has 0 aliphatic carbocycles. The van der Waals surface area contributed by atoms with E-state index in [1.807, 2.05) is 6.07 Å². The van der Waals surface area contributed by atoms with Crippen molar-refractivity contribution in [3.8, 4) is 0 Å². The van der Waals surface area contributed by atoms with Gasteiger partial charge in [0, 0.05) is 24.2 Å². The first kappa shape index (κ1) is 15.9. The number of aryl methyl sites for hydroxylation is 1. The topological polar surface area (TPSA) is 34.1 Å². The van der Waals surface area contributed by atoms with Crippen molar-refractivity contribution < 1.29 is 4.74 Å². The van der Waals surface area contributed by atoms with Crippen molar-refractivity contribution in [3.63, 3.8) is 0 Å². The summed E-state index contributed by atoms with van der Waals surface area (Å²) in [6.07, 6.45) is 2.60. The minimum Gasteiger partial charge on any atom is -0.379 e. The van der Waals surface area contributed by atoms with Gasteiger partial charge in [-0.2, -0.15) is 0 Å². The Morgan fingerprint density at radius 3 is 2.81 bits per heavy atom. The largest absolute Gasteiger partial charge is 0.379 e. The van der Waals surface area contributed by atoms with E-state index in [2.05, 4.69) is 55.3 Å². The molecule has 0 saturated carbocycles. The molecule has 21 heavy (non-hydrogen) atoms. The third-order valence-electron chi connectivity index (χ3n) is 3.44. The Labute approximate surface area is 127 Å². The average molecular weight is 286 g/mol. The number of nitrogens with zero attached hydrogens (tertiary/aromatic N) is 1. The molecule has 0 amide bonds. The predicted octanol–water partition coefficient (Wildman–Crippen LogP) is 3.84. The smallest absolute Gasteiger partial charge is 0.0708 e. The molecule has 1 aromatic heterocycles. The Morgan fingerprint density at radius 2 is 2.00 bits per heavy atom. The van der Waals surface area contributed by atoms with Gasteiger partial charge >= 0.3 is 0 Å². The van der Waals surface area contributed by atoms with Gasteiger partial charge in [0.25, 0.3) is 0 Å². The molecule has 3 heteroatoms. The average Bonchev–Trinajstić information content (AvgIpc) is 2.45. The number of fused-ring (bicyclic) bond motifs is 1. The van der Waals surface area contributed by atoms with Gasteiger partial charge in [0.05, 0.1) is 11.6 Å². The zero-order chi connectivity index (χ0) is 15.1. The number of aromatic nitrogens is 1. The van der Waals surface area contributed by atoms with Crippen molar-refractivity contribution in [2.24, 2.45) is 0 Å². The summed E-state index contributed by atoms with van der Waals surface area (Å²) in [6.45, 7) is 8.99. The Balaban J connectivity index is 1.81. The first-order valence-electron chi connectivity index (χ1n) is 7.84. The van der Waals surface area contributed by atoms with E-state index < -0.39 is 0 Å². The molecule has 2 rings (SSSR count). The van der Waals surface area contributed by atoms with Crippen molar-refractivity contribution in [1.29, 1.82) is 0 Å². The number of hydrogen-bond donors (Lipinski definition) is 1. The highest BCUT2D eigenvalue weighted by molar-refractivity contribution is 5.82. The van der Waals surface area contributed by atoms with E-state index in [0.29, 0.717) is 6.10 Å². The number of rotatable bonds is 8. The number of nitrogens with one attached hydrogen (secondary N) is 1. The van der Waals surface area contributed by atoms with Gasteiger partial charge in [-0.15, -0.1) is 0 Å². The normalized spacial score (nSPS) is 11.4. The predicted molar refractivity (Wildman–Crippen MR) is 88.5 cm³/mol. The molecule has 0 radical (unpaired) electrons. The first-order valence-corrected chi connectivity index (χ1v) is 7.84. The van der Waals surface area contributed by atoms with Crippen molar-refractivity contribution >= 4 is 10.9 Å². The van der Waals surface area contributed by atoms with Crippen molar-refractivity contribution in [1.82, 2.24) is 10.3 Å². The van der Waals surface area contributed by atoms with Crippen LogP contribution in [0.3, 0.4) is 0 Å². The van der Waals surface area contributed by atoms with Crippen LogP contribution in [-0.4, -0.2) is 24.2 Å². The lowest BCUT2D eigenvalue weighted by Crippen LogP contribution is -2.16. The molecule has 0 bridgehead atoms. The fourth-order valence-corrected chi connectivity index (χ4v) is 2.44. The third-order valence-corrected chi connectivity index (χ3v) is 3.44. The monoisotopic (exact) mass is 286 g/mol. The fraction of sp³-hybridized carbons (Fsp3) is 0.500. The molecular formula is C18H26N2O. The minimum atomic E-state index is 0.337. The highest BCUT2D eigenvalue weighted by atomic mass is 16.5. The number of unbranched alkanes of at least 4 members (excludes halogenated alkanes) is 1. The Hall–Kier alpha value is -1.45. The number of pyridine rings is 1. The van der Waals surface area contributed by atoms with E-state index in [0.717, 1.165) is 43.7 Å². The molecule has 1 heterocycles. The highest BCUT2D eigenvalue weighted by Crippen LogP contribution is 2.17. The molecule has 1 aromatic carbocycles. The quantitative estimate of drug-likeness (QED) is 0.749. The van der Waals surface area contributed by atoms with Crippen molar-refractivity contribution in [2.45, 2.75) is 46.3 Å². The zero-order valence-corrected chi connectivity index (χ0v) is 13.4. The van der Waals surface area contributed by atoms with Crippen LogP contribution in [0.4, 0.5) is 0 Å². The second kappa shape index (κ2) is 8.11. The van der Waals surface area contributed by atoms with Crippen LogP contribution in [0.5, 0.6) is 0 Å². The van der Waals surface area contributed by atoms with Gasteiger partial charge in [0.1, 0.15) is 0 Å². The molecule has 0 atom stereocenters. The lowest BCUT2D eigenvalue weighted by Gasteiger charge is -2.10. The lowest BCUT2D eigenvalue weighted by molar-refractivity contribution is 0.0760. The molecule has 0 spiro atoms. The van der Waals surface area contributed by atoms with E-state index in [4.69, 9.17) is 4.74 Å². The summed E-state index contributed by atoms with van der Waals surface area (Å²) in [7, 11) is 0. The van der Waals surface area contributed by atoms with Gasteiger partial charge in [-0.1, -0.05) is 18.2 Å². The van der Waals surface area contributed by atoms with Crippen LogP contribution in [0.15, 0.2) is 30.3 Å². The van der Waals surface area contributed by atoms with Gasteiger partial charge in [0.15, 0.2) is 0 Å². The van der Waals surface area contributed by atoms with Gasteiger partial charge < -0.3 is 10.1 Å². The van der Waals surface area contributed by atoms with E-state index in [1.165, 1.54) is 10.9 Å². The van der Waals surface area contributed by atoms with E-state index in [9.17, 15) is 0 Å². The van der Waals surface area contributed by atoms with Gasteiger partial charge in [-0.3, -0.25) is 4.98 Å². The first-order chi connectivity index (χ1) is 10.2. The summed E-state index contributed by atoms with van der Waals surface area (Å²) < 4.78 is 5.54. The number of para-hydroxylation sites is 1. The van der Waals surface area contributed by atoms with Crippen LogP contribution in [0.25, 0.3) is 10.9 Å². The maximum Gasteiger partial charge on any atom is 0.0708 e. The Kier molecular flexibility index (Phi) is 6.15. The van der Waals surface area contributed by atoms with Crippen LogP contribution < -0.4 is 5.32 Å². The Bertz CT molecular complexity index is 566. The van der Waals surface area contributed by atoms with Crippen LogP contribution >= 0.6 is 0 Å². The summed E-state index contributed by atoms with van der Waals surface area (Å²) in [5.41, 5.74) is 3.49. The molecule has 0 unspecified atom stereocenters. The summed E-state index contributed by atoms with van der Waals surface area (Å²) in [4.78, 5) is 4.58. The van der Waals surface area contributed by atoms with Crippen LogP contribution in [0.2, 0.25) is 0 Å². The molecule has 114 valence electrons. The van der Waals surface area contributed by atoms with Crippen LogP contribution in [-0.2, 0) is 11.3 Å². The van der Waals surface area contributed by atoms with Crippen LogP contribution in [0.1, 0.15) is 37.9 Å². The maximum absolute atomic E-state index is 5.54.